The van der Waals surface area contributed by atoms with Gasteiger partial charge in [-0.15, -0.1) is 0 Å². The Morgan fingerprint density at radius 1 is 0.929 bits per heavy atom. The zero-order chi connectivity index (χ0) is 20.6. The van der Waals surface area contributed by atoms with E-state index in [-0.39, 0.29) is 23.8 Å². The van der Waals surface area contributed by atoms with Crippen molar-refractivity contribution in [3.8, 4) is 11.5 Å². The quantitative estimate of drug-likeness (QED) is 0.686. The molecular weight excluding hydrogens is 356 g/mol. The molecule has 0 aliphatic carbocycles. The van der Waals surface area contributed by atoms with E-state index < -0.39 is 0 Å². The summed E-state index contributed by atoms with van der Waals surface area (Å²) in [6, 6.07) is 14.5. The van der Waals surface area contributed by atoms with E-state index in [0.717, 1.165) is 5.56 Å². The van der Waals surface area contributed by atoms with Crippen LogP contribution in [-0.4, -0.2) is 38.6 Å². The molecule has 0 atom stereocenters. The van der Waals surface area contributed by atoms with Gasteiger partial charge in [-0.05, 0) is 41.3 Å². The van der Waals surface area contributed by atoms with E-state index in [1.54, 1.807) is 31.4 Å². The Labute approximate surface area is 166 Å². The van der Waals surface area contributed by atoms with E-state index in [2.05, 4.69) is 31.4 Å². The summed E-state index contributed by atoms with van der Waals surface area (Å²) in [7, 11) is 1.57. The smallest absolute Gasteiger partial charge is 0.258 e. The molecule has 0 bridgehead atoms. The molecular formula is C22H28N2O4. The number of benzene rings is 2. The minimum Gasteiger partial charge on any atom is -0.497 e. The fourth-order valence-electron chi connectivity index (χ4n) is 2.63. The van der Waals surface area contributed by atoms with Crippen molar-refractivity contribution in [2.75, 3.05) is 26.8 Å². The second kappa shape index (κ2) is 9.78. The third-order valence-electron chi connectivity index (χ3n) is 4.14. The summed E-state index contributed by atoms with van der Waals surface area (Å²) in [6.07, 6.45) is 0. The van der Waals surface area contributed by atoms with Crippen molar-refractivity contribution in [2.24, 2.45) is 0 Å². The van der Waals surface area contributed by atoms with Gasteiger partial charge in [0, 0.05) is 18.7 Å². The number of hydrogen-bond acceptors (Lipinski definition) is 4. The van der Waals surface area contributed by atoms with Crippen LogP contribution in [0.15, 0.2) is 48.5 Å². The van der Waals surface area contributed by atoms with Crippen LogP contribution >= 0.6 is 0 Å². The minimum atomic E-state index is -0.234. The van der Waals surface area contributed by atoms with Crippen LogP contribution in [0.3, 0.4) is 0 Å². The first-order chi connectivity index (χ1) is 13.3. The van der Waals surface area contributed by atoms with Gasteiger partial charge in [0.1, 0.15) is 11.5 Å². The summed E-state index contributed by atoms with van der Waals surface area (Å²) in [5, 5.41) is 5.50. The van der Waals surface area contributed by atoms with E-state index in [0.29, 0.717) is 30.2 Å². The Bertz CT molecular complexity index is 795. The van der Waals surface area contributed by atoms with Gasteiger partial charge in [0.2, 0.25) is 0 Å². The van der Waals surface area contributed by atoms with Gasteiger partial charge in [-0.25, -0.2) is 0 Å². The number of rotatable bonds is 8. The van der Waals surface area contributed by atoms with E-state index in [4.69, 9.17) is 9.47 Å². The van der Waals surface area contributed by atoms with Crippen molar-refractivity contribution in [1.29, 1.82) is 0 Å². The van der Waals surface area contributed by atoms with E-state index in [1.165, 1.54) is 0 Å². The van der Waals surface area contributed by atoms with Crippen molar-refractivity contribution in [3.63, 3.8) is 0 Å². The molecule has 0 saturated carbocycles. The molecule has 150 valence electrons. The Morgan fingerprint density at radius 2 is 1.57 bits per heavy atom. The molecule has 0 fully saturated rings. The lowest BCUT2D eigenvalue weighted by atomic mass is 9.86. The molecule has 6 heteroatoms. The number of carbonyl (C=O) groups is 2. The summed E-state index contributed by atoms with van der Waals surface area (Å²) in [5.41, 5.74) is 1.52. The first-order valence-electron chi connectivity index (χ1n) is 9.22. The number of nitrogens with one attached hydrogen (secondary N) is 2. The molecule has 0 aliphatic heterocycles. The normalized spacial score (nSPS) is 10.9. The number of amides is 2. The van der Waals surface area contributed by atoms with Crippen LogP contribution in [0.1, 0.15) is 36.7 Å². The lowest BCUT2D eigenvalue weighted by molar-refractivity contribution is -0.123. The second-order valence-electron chi connectivity index (χ2n) is 7.37. The minimum absolute atomic E-state index is 0.0699. The fraction of sp³-hybridized carbons (Fsp3) is 0.364. The highest BCUT2D eigenvalue weighted by Crippen LogP contribution is 2.30. The first-order valence-corrected chi connectivity index (χ1v) is 9.22. The van der Waals surface area contributed by atoms with E-state index in [9.17, 15) is 9.59 Å². The molecule has 2 amide bonds. The van der Waals surface area contributed by atoms with Crippen molar-refractivity contribution >= 4 is 11.8 Å². The van der Waals surface area contributed by atoms with Gasteiger partial charge in [-0.3, -0.25) is 9.59 Å². The van der Waals surface area contributed by atoms with Crippen LogP contribution in [0, 0.1) is 0 Å². The van der Waals surface area contributed by atoms with Crippen molar-refractivity contribution in [3.05, 3.63) is 59.7 Å². The van der Waals surface area contributed by atoms with Crippen LogP contribution in [0.2, 0.25) is 0 Å². The molecule has 0 saturated heterocycles. The third-order valence-corrected chi connectivity index (χ3v) is 4.14. The van der Waals surface area contributed by atoms with Crippen molar-refractivity contribution < 1.29 is 19.1 Å². The molecule has 0 spiro atoms. The molecule has 6 nitrogen and oxygen atoms in total. The molecule has 2 rings (SSSR count). The van der Waals surface area contributed by atoms with Gasteiger partial charge in [0.05, 0.1) is 7.11 Å². The van der Waals surface area contributed by atoms with E-state index in [1.807, 2.05) is 24.3 Å². The number of methoxy groups -OCH3 is 1. The molecule has 0 aromatic heterocycles. The Balaban J connectivity index is 1.72. The van der Waals surface area contributed by atoms with Gasteiger partial charge in [0.25, 0.3) is 11.8 Å². The molecule has 28 heavy (non-hydrogen) atoms. The Hall–Kier alpha value is -3.02. The zero-order valence-corrected chi connectivity index (χ0v) is 16.9. The fourth-order valence-corrected chi connectivity index (χ4v) is 2.63. The highest BCUT2D eigenvalue weighted by molar-refractivity contribution is 5.94. The third kappa shape index (κ3) is 6.30. The van der Waals surface area contributed by atoms with Gasteiger partial charge in [0.15, 0.2) is 6.61 Å². The predicted molar refractivity (Wildman–Crippen MR) is 109 cm³/mol. The number of carbonyl (C=O) groups excluding carboxylic acids is 2. The number of ether oxygens (including phenoxy) is 2. The maximum absolute atomic E-state index is 12.0. The lowest BCUT2D eigenvalue weighted by Gasteiger charge is -2.22. The highest BCUT2D eigenvalue weighted by Gasteiger charge is 2.18. The molecule has 0 aliphatic rings. The van der Waals surface area contributed by atoms with Crippen LogP contribution in [0.5, 0.6) is 11.5 Å². The number of para-hydroxylation sites is 1. The summed E-state index contributed by atoms with van der Waals surface area (Å²) in [4.78, 5) is 24.0. The SMILES string of the molecule is COc1ccc(C(=O)NCCNC(=O)COc2ccccc2C(C)(C)C)cc1. The Morgan fingerprint density at radius 3 is 2.21 bits per heavy atom. The van der Waals surface area contributed by atoms with Gasteiger partial charge < -0.3 is 20.1 Å². The number of hydrogen-bond donors (Lipinski definition) is 2. The molecule has 0 unspecified atom stereocenters. The highest BCUT2D eigenvalue weighted by atomic mass is 16.5. The average Bonchev–Trinajstić information content (AvgIpc) is 2.69. The summed E-state index contributed by atoms with van der Waals surface area (Å²) >= 11 is 0. The van der Waals surface area contributed by atoms with E-state index >= 15 is 0 Å². The van der Waals surface area contributed by atoms with Crippen molar-refractivity contribution in [1.82, 2.24) is 10.6 Å². The first kappa shape index (κ1) is 21.3. The maximum atomic E-state index is 12.0. The average molecular weight is 384 g/mol. The van der Waals surface area contributed by atoms with Gasteiger partial charge >= 0.3 is 0 Å². The van der Waals surface area contributed by atoms with Crippen LogP contribution in [-0.2, 0) is 10.2 Å². The monoisotopic (exact) mass is 384 g/mol. The van der Waals surface area contributed by atoms with Crippen LogP contribution < -0.4 is 20.1 Å². The summed E-state index contributed by atoms with van der Waals surface area (Å²) in [5.74, 6) is 0.962. The molecule has 2 aromatic rings. The largest absolute Gasteiger partial charge is 0.497 e. The molecule has 2 aromatic carbocycles. The van der Waals surface area contributed by atoms with Gasteiger partial charge in [-0.1, -0.05) is 39.0 Å². The topological polar surface area (TPSA) is 76.7 Å². The lowest BCUT2D eigenvalue weighted by Crippen LogP contribution is -2.36. The predicted octanol–water partition coefficient (Wildman–Crippen LogP) is 2.92. The molecule has 2 N–H and O–H groups in total. The molecule has 0 heterocycles. The second-order valence-corrected chi connectivity index (χ2v) is 7.37. The standard InChI is InChI=1S/C22H28N2O4/c1-22(2,3)18-7-5-6-8-19(18)28-15-20(25)23-13-14-24-21(26)16-9-11-17(27-4)12-10-16/h5-12H,13-15H2,1-4H3,(H,23,25)(H,24,26). The summed E-state index contributed by atoms with van der Waals surface area (Å²) in [6.45, 7) is 6.88. The Kier molecular flexibility index (Phi) is 7.44. The maximum Gasteiger partial charge on any atom is 0.258 e. The van der Waals surface area contributed by atoms with Crippen LogP contribution in [0.4, 0.5) is 0 Å². The zero-order valence-electron chi connectivity index (χ0n) is 16.9. The van der Waals surface area contributed by atoms with Gasteiger partial charge in [-0.2, -0.15) is 0 Å². The van der Waals surface area contributed by atoms with Crippen LogP contribution in [0.25, 0.3) is 0 Å². The van der Waals surface area contributed by atoms with Crippen molar-refractivity contribution in [2.45, 2.75) is 26.2 Å². The molecule has 0 radical (unpaired) electrons. The summed E-state index contributed by atoms with van der Waals surface area (Å²) < 4.78 is 10.7.